The molecule has 0 atom stereocenters. The maximum Gasteiger partial charge on any atom is 0.534 e. The summed E-state index contributed by atoms with van der Waals surface area (Å²) in [5, 5.41) is 3.68. The second kappa shape index (κ2) is 9.67. The summed E-state index contributed by atoms with van der Waals surface area (Å²) in [6, 6.07) is 30.8. The van der Waals surface area contributed by atoms with Crippen molar-refractivity contribution < 1.29 is 25.8 Å². The van der Waals surface area contributed by atoms with Crippen LogP contribution in [0, 0.1) is 0 Å². The van der Waals surface area contributed by atoms with Crippen molar-refractivity contribution in [3.63, 3.8) is 0 Å². The largest absolute Gasteiger partial charge is 0.534 e. The van der Waals surface area contributed by atoms with Crippen LogP contribution in [0.2, 0.25) is 0 Å². The molecule has 0 unspecified atom stereocenters. The molecule has 0 spiro atoms. The van der Waals surface area contributed by atoms with Gasteiger partial charge in [0.2, 0.25) is 0 Å². The van der Waals surface area contributed by atoms with E-state index < -0.39 is 21.4 Å². The Morgan fingerprint density at radius 1 is 0.707 bits per heavy atom. The summed E-state index contributed by atoms with van der Waals surface area (Å²) in [5.74, 6) is -0.491. The third-order valence-corrected chi connectivity index (χ3v) is 8.05. The van der Waals surface area contributed by atoms with Crippen molar-refractivity contribution >= 4 is 54.8 Å². The second-order valence-electron chi connectivity index (χ2n) is 9.45. The zero-order valence-corrected chi connectivity index (χ0v) is 22.3. The fourth-order valence-electron chi connectivity index (χ4n) is 5.26. The average Bonchev–Trinajstić information content (AvgIpc) is 3.28. The van der Waals surface area contributed by atoms with E-state index in [0.717, 1.165) is 38.5 Å². The van der Waals surface area contributed by atoms with E-state index in [0.29, 0.717) is 16.5 Å². The molecule has 204 valence electrons. The number of nitrogens with zero attached hydrogens (tertiary/aromatic N) is 1. The Labute approximate surface area is 234 Å². The molecule has 41 heavy (non-hydrogen) atoms. The van der Waals surface area contributed by atoms with Crippen molar-refractivity contribution in [2.45, 2.75) is 5.51 Å². The van der Waals surface area contributed by atoms with Crippen LogP contribution in [0.5, 0.6) is 5.75 Å². The highest BCUT2D eigenvalue weighted by Gasteiger charge is 2.49. The average molecular weight is 570 g/mol. The van der Waals surface area contributed by atoms with Crippen LogP contribution in [0.1, 0.15) is 11.1 Å². The molecule has 6 rings (SSSR count). The first-order valence-electron chi connectivity index (χ1n) is 12.6. The molecule has 8 heteroatoms. The third kappa shape index (κ3) is 4.37. The topological polar surface area (TPSA) is 48.3 Å². The van der Waals surface area contributed by atoms with Crippen LogP contribution in [0.3, 0.4) is 0 Å². The van der Waals surface area contributed by atoms with Gasteiger partial charge in [-0.1, -0.05) is 92.0 Å². The van der Waals surface area contributed by atoms with Crippen LogP contribution < -0.4 is 4.18 Å². The molecule has 1 heterocycles. The minimum Gasteiger partial charge on any atom is -0.375 e. The quantitative estimate of drug-likeness (QED) is 0.148. The van der Waals surface area contributed by atoms with Gasteiger partial charge < -0.3 is 8.75 Å². The molecular formula is C33H22F3NO3S. The SMILES string of the molecule is C=Cc1c(OS(=O)(=O)C(F)(F)F)cc2c(c1C=C)c1ccc(-c3ccc4ccccc4c3)cc1n2-c1ccccc1. The number of alkyl halides is 3. The molecule has 0 radical (unpaired) electrons. The normalized spacial score (nSPS) is 12.2. The number of rotatable bonds is 6. The zero-order valence-electron chi connectivity index (χ0n) is 21.5. The van der Waals surface area contributed by atoms with Crippen molar-refractivity contribution in [3.8, 4) is 22.6 Å². The van der Waals surface area contributed by atoms with Gasteiger partial charge in [-0.15, -0.1) is 0 Å². The first-order valence-corrected chi connectivity index (χ1v) is 14.0. The highest BCUT2D eigenvalue weighted by molar-refractivity contribution is 7.88. The third-order valence-electron chi connectivity index (χ3n) is 7.09. The number of hydrogen-bond donors (Lipinski definition) is 0. The summed E-state index contributed by atoms with van der Waals surface area (Å²) in [6.45, 7) is 7.59. The molecule has 0 aliphatic heterocycles. The van der Waals surface area contributed by atoms with Crippen LogP contribution in [0.25, 0.3) is 61.5 Å². The standard InChI is InChI=1S/C33H22F3NO3S/c1-3-26-27(4-2)32-28-17-16-24(23-15-14-21-10-8-9-11-22(21)18-23)19-29(28)37(25-12-6-5-7-13-25)30(32)20-31(26)40-41(38,39)33(34,35)36/h3-20H,1-2H2. The number of hydrogen-bond acceptors (Lipinski definition) is 3. The second-order valence-corrected chi connectivity index (χ2v) is 11.0. The van der Waals surface area contributed by atoms with Gasteiger partial charge in [-0.05, 0) is 51.7 Å². The number of halogens is 3. The van der Waals surface area contributed by atoms with E-state index in [-0.39, 0.29) is 5.56 Å². The lowest BCUT2D eigenvalue weighted by atomic mass is 9.97. The summed E-state index contributed by atoms with van der Waals surface area (Å²) >= 11 is 0. The van der Waals surface area contributed by atoms with Gasteiger partial charge in [0.1, 0.15) is 0 Å². The first kappa shape index (κ1) is 26.4. The molecule has 0 saturated heterocycles. The summed E-state index contributed by atoms with van der Waals surface area (Å²) in [4.78, 5) is 0. The number of fused-ring (bicyclic) bond motifs is 4. The Morgan fingerprint density at radius 3 is 2.02 bits per heavy atom. The van der Waals surface area contributed by atoms with Crippen LogP contribution in [-0.2, 0) is 10.1 Å². The molecule has 4 nitrogen and oxygen atoms in total. The number of aromatic nitrogens is 1. The van der Waals surface area contributed by atoms with Gasteiger partial charge in [0.05, 0.1) is 11.0 Å². The molecule has 0 aliphatic rings. The van der Waals surface area contributed by atoms with E-state index in [4.69, 9.17) is 0 Å². The summed E-state index contributed by atoms with van der Waals surface area (Å²) in [6.07, 6.45) is 2.74. The minimum absolute atomic E-state index is 0.0889. The lowest BCUT2D eigenvalue weighted by Crippen LogP contribution is -2.28. The fraction of sp³-hybridized carbons (Fsp3) is 0.0303. The Kier molecular flexibility index (Phi) is 6.23. The van der Waals surface area contributed by atoms with Crippen molar-refractivity contribution in [3.05, 3.63) is 121 Å². The van der Waals surface area contributed by atoms with Gasteiger partial charge in [0, 0.05) is 28.1 Å². The van der Waals surface area contributed by atoms with Gasteiger partial charge >= 0.3 is 15.6 Å². The molecule has 0 fully saturated rings. The maximum absolute atomic E-state index is 13.3. The van der Waals surface area contributed by atoms with E-state index in [1.54, 1.807) is 0 Å². The lowest BCUT2D eigenvalue weighted by Gasteiger charge is -2.15. The first-order chi connectivity index (χ1) is 19.6. The molecule has 0 aliphatic carbocycles. The summed E-state index contributed by atoms with van der Waals surface area (Å²) < 4.78 is 70.5. The van der Waals surface area contributed by atoms with E-state index in [1.165, 1.54) is 18.2 Å². The van der Waals surface area contributed by atoms with Gasteiger partial charge in [-0.25, -0.2) is 0 Å². The fourth-order valence-corrected chi connectivity index (χ4v) is 5.73. The van der Waals surface area contributed by atoms with E-state index in [2.05, 4.69) is 29.5 Å². The van der Waals surface area contributed by atoms with Crippen LogP contribution >= 0.6 is 0 Å². The molecular weight excluding hydrogens is 547 g/mol. The van der Waals surface area contributed by atoms with E-state index >= 15 is 0 Å². The van der Waals surface area contributed by atoms with Crippen molar-refractivity contribution in [1.29, 1.82) is 0 Å². The Morgan fingerprint density at radius 2 is 1.34 bits per heavy atom. The van der Waals surface area contributed by atoms with Crippen molar-refractivity contribution in [1.82, 2.24) is 4.57 Å². The van der Waals surface area contributed by atoms with Gasteiger partial charge in [-0.2, -0.15) is 21.6 Å². The van der Waals surface area contributed by atoms with Gasteiger partial charge in [0.15, 0.2) is 5.75 Å². The van der Waals surface area contributed by atoms with Crippen LogP contribution in [-0.4, -0.2) is 18.5 Å². The molecule has 0 saturated carbocycles. The number of benzene rings is 5. The predicted octanol–water partition coefficient (Wildman–Crippen LogP) is 9.12. The van der Waals surface area contributed by atoms with Crippen LogP contribution in [0.4, 0.5) is 13.2 Å². The summed E-state index contributed by atoms with van der Waals surface area (Å²) in [7, 11) is -5.94. The smallest absolute Gasteiger partial charge is 0.375 e. The molecule has 6 aromatic rings. The highest BCUT2D eigenvalue weighted by Crippen LogP contribution is 2.43. The Bertz CT molecular complexity index is 2110. The zero-order chi connectivity index (χ0) is 28.9. The van der Waals surface area contributed by atoms with Crippen molar-refractivity contribution in [2.24, 2.45) is 0 Å². The van der Waals surface area contributed by atoms with Gasteiger partial charge in [0.25, 0.3) is 0 Å². The number of para-hydroxylation sites is 1. The monoisotopic (exact) mass is 569 g/mol. The maximum atomic E-state index is 13.3. The molecule has 0 amide bonds. The van der Waals surface area contributed by atoms with Crippen molar-refractivity contribution in [2.75, 3.05) is 0 Å². The van der Waals surface area contributed by atoms with E-state index in [9.17, 15) is 21.6 Å². The lowest BCUT2D eigenvalue weighted by molar-refractivity contribution is -0.0500. The van der Waals surface area contributed by atoms with Gasteiger partial charge in [-0.3, -0.25) is 0 Å². The van der Waals surface area contributed by atoms with E-state index in [1.807, 2.05) is 83.4 Å². The molecule has 5 aromatic carbocycles. The molecule has 0 bridgehead atoms. The minimum atomic E-state index is -5.94. The molecule has 0 N–H and O–H groups in total. The Balaban J connectivity index is 1.70. The summed E-state index contributed by atoms with van der Waals surface area (Å²) in [5.41, 5.74) is -1.23. The predicted molar refractivity (Wildman–Crippen MR) is 160 cm³/mol. The van der Waals surface area contributed by atoms with Crippen LogP contribution in [0.15, 0.2) is 110 Å². The highest BCUT2D eigenvalue weighted by atomic mass is 32.2. The Hall–Kier alpha value is -4.82. The molecule has 1 aromatic heterocycles.